The van der Waals surface area contributed by atoms with Gasteiger partial charge in [-0.15, -0.1) is 0 Å². The van der Waals surface area contributed by atoms with E-state index in [0.717, 1.165) is 24.3 Å². The van der Waals surface area contributed by atoms with Gasteiger partial charge in [-0.3, -0.25) is 18.9 Å². The van der Waals surface area contributed by atoms with Crippen molar-refractivity contribution in [2.75, 3.05) is 10.8 Å². The minimum atomic E-state index is -4.93. The van der Waals surface area contributed by atoms with Crippen molar-refractivity contribution < 1.29 is 42.1 Å². The third kappa shape index (κ3) is 8.28. The first-order chi connectivity index (χ1) is 16.6. The molecular formula is C21H28N3O10PS. The number of amides is 1. The number of benzene rings is 2. The molecule has 198 valence electrons. The maximum atomic E-state index is 13.3. The summed E-state index contributed by atoms with van der Waals surface area (Å²) in [5, 5.41) is 21.9. The molecule has 0 spiro atoms. The van der Waals surface area contributed by atoms with Gasteiger partial charge in [-0.25, -0.2) is 17.8 Å². The summed E-state index contributed by atoms with van der Waals surface area (Å²) < 4.78 is 44.0. The molecule has 0 fully saturated rings. The number of non-ortho nitro benzene ring substituents is 1. The molecule has 2 aromatic rings. The molecule has 36 heavy (non-hydrogen) atoms. The summed E-state index contributed by atoms with van der Waals surface area (Å²) in [5.41, 5.74) is 0.566. The maximum absolute atomic E-state index is 13.3. The average Bonchev–Trinajstić information content (AvgIpc) is 2.76. The Kier molecular flexibility index (Phi) is 9.57. The van der Waals surface area contributed by atoms with E-state index in [0.29, 0.717) is 11.3 Å². The highest BCUT2D eigenvalue weighted by Crippen LogP contribution is 2.39. The molecule has 0 aromatic heterocycles. The van der Waals surface area contributed by atoms with Gasteiger partial charge in [-0.2, -0.15) is 0 Å². The zero-order valence-corrected chi connectivity index (χ0v) is 21.4. The number of anilines is 1. The number of nitro benzene ring substituents is 1. The van der Waals surface area contributed by atoms with Gasteiger partial charge in [0.05, 0.1) is 27.7 Å². The molecule has 15 heteroatoms. The largest absolute Gasteiger partial charge is 0.469 e. The van der Waals surface area contributed by atoms with Crippen LogP contribution in [-0.2, 0) is 25.5 Å². The highest BCUT2D eigenvalue weighted by molar-refractivity contribution is 7.92. The molecule has 0 saturated carbocycles. The highest BCUT2D eigenvalue weighted by atomic mass is 32.2. The van der Waals surface area contributed by atoms with E-state index in [1.807, 2.05) is 13.8 Å². The Morgan fingerprint density at radius 2 is 1.67 bits per heavy atom. The van der Waals surface area contributed by atoms with Crippen LogP contribution in [0.25, 0.3) is 0 Å². The summed E-state index contributed by atoms with van der Waals surface area (Å²) in [5.74, 6) is -0.0681. The summed E-state index contributed by atoms with van der Waals surface area (Å²) in [6.45, 7) is 5.16. The third-order valence-corrected chi connectivity index (χ3v) is 7.36. The normalized spacial score (nSPS) is 13.7. The van der Waals surface area contributed by atoms with Crippen molar-refractivity contribution in [2.45, 2.75) is 44.2 Å². The number of rotatable bonds is 12. The number of nitro groups is 1. The van der Waals surface area contributed by atoms with E-state index >= 15 is 0 Å². The van der Waals surface area contributed by atoms with Crippen molar-refractivity contribution in [1.82, 2.24) is 5.32 Å². The Hall–Kier alpha value is -3.03. The molecule has 0 saturated heterocycles. The predicted molar refractivity (Wildman–Crippen MR) is 130 cm³/mol. The molecule has 0 unspecified atom stereocenters. The highest BCUT2D eigenvalue weighted by Gasteiger charge is 2.29. The number of carboxylic acid groups (broad SMARTS) is 1. The van der Waals surface area contributed by atoms with Crippen LogP contribution in [0.1, 0.15) is 26.3 Å². The van der Waals surface area contributed by atoms with Gasteiger partial charge in [0, 0.05) is 25.1 Å². The molecule has 2 aromatic carbocycles. The van der Waals surface area contributed by atoms with Crippen molar-refractivity contribution >= 4 is 35.3 Å². The molecule has 4 N–H and O–H groups in total. The molecule has 0 radical (unpaired) electrons. The van der Waals surface area contributed by atoms with E-state index in [1.54, 1.807) is 0 Å². The second-order valence-corrected chi connectivity index (χ2v) is 11.5. The number of sulfonamides is 1. The van der Waals surface area contributed by atoms with Crippen molar-refractivity contribution in [3.8, 4) is 0 Å². The fourth-order valence-corrected chi connectivity index (χ4v) is 5.58. The molecule has 2 atom stereocenters. The summed E-state index contributed by atoms with van der Waals surface area (Å²) in [4.78, 5) is 39.5. The number of phosphoric ester groups is 1. The number of nitrogens with zero attached hydrogens (tertiary/aromatic N) is 2. The number of hydrogen-bond donors (Lipinski definition) is 4. The molecule has 0 aliphatic rings. The van der Waals surface area contributed by atoms with Gasteiger partial charge in [0.2, 0.25) is 0 Å². The number of hydrogen-bond acceptors (Lipinski definition) is 7. The molecular weight excluding hydrogens is 517 g/mol. The predicted octanol–water partition coefficient (Wildman–Crippen LogP) is 3.12. The van der Waals surface area contributed by atoms with E-state index < -0.39 is 41.0 Å². The Labute approximate surface area is 208 Å². The summed E-state index contributed by atoms with van der Waals surface area (Å²) in [6.07, 6.45) is -2.67. The van der Waals surface area contributed by atoms with Crippen LogP contribution in [0.5, 0.6) is 0 Å². The van der Waals surface area contributed by atoms with Crippen LogP contribution in [0.15, 0.2) is 53.4 Å². The fourth-order valence-electron chi connectivity index (χ4n) is 3.34. The standard InChI is InChI=1S/C21H28N3O10PS/c1-14(2)13-23(36(32,33)19-10-8-18(9-11-19)24(27)28)17-6-4-16(5-7-17)12-20(34-35(29,30)31)15(3)22-21(25)26/h4-11,14-15,20,22H,12-13H2,1-3H3,(H,25,26)(H2,29,30,31)/t15-,20-/m0/s1. The second kappa shape index (κ2) is 11.8. The molecule has 0 heterocycles. The van der Waals surface area contributed by atoms with Gasteiger partial charge >= 0.3 is 13.9 Å². The molecule has 13 nitrogen and oxygen atoms in total. The minimum absolute atomic E-state index is 0.0681. The third-order valence-electron chi connectivity index (χ3n) is 5.01. The summed E-state index contributed by atoms with van der Waals surface area (Å²) >= 11 is 0. The van der Waals surface area contributed by atoms with E-state index in [4.69, 9.17) is 9.63 Å². The lowest BCUT2D eigenvalue weighted by atomic mass is 10.0. The Morgan fingerprint density at radius 3 is 2.11 bits per heavy atom. The molecule has 0 aliphatic carbocycles. The first-order valence-electron chi connectivity index (χ1n) is 10.7. The van der Waals surface area contributed by atoms with Gasteiger partial charge in [-0.05, 0) is 42.7 Å². The molecule has 1 amide bonds. The van der Waals surface area contributed by atoms with Crippen LogP contribution in [0.4, 0.5) is 16.2 Å². The zero-order valence-electron chi connectivity index (χ0n) is 19.7. The van der Waals surface area contributed by atoms with Crippen LogP contribution in [0.3, 0.4) is 0 Å². The van der Waals surface area contributed by atoms with Gasteiger partial charge in [0.15, 0.2) is 0 Å². The van der Waals surface area contributed by atoms with Crippen LogP contribution < -0.4 is 9.62 Å². The van der Waals surface area contributed by atoms with E-state index in [2.05, 4.69) is 5.32 Å². The Bertz CT molecular complexity index is 1210. The number of nitrogens with one attached hydrogen (secondary N) is 1. The number of phosphoric acid groups is 1. The van der Waals surface area contributed by atoms with Crippen molar-refractivity contribution in [3.05, 3.63) is 64.2 Å². The van der Waals surface area contributed by atoms with Crippen LogP contribution in [0.2, 0.25) is 0 Å². The molecule has 0 bridgehead atoms. The lowest BCUT2D eigenvalue weighted by Crippen LogP contribution is -2.42. The van der Waals surface area contributed by atoms with E-state index in [-0.39, 0.29) is 29.5 Å². The maximum Gasteiger partial charge on any atom is 0.469 e. The lowest BCUT2D eigenvalue weighted by Gasteiger charge is -2.27. The van der Waals surface area contributed by atoms with Crippen molar-refractivity contribution in [1.29, 1.82) is 0 Å². The zero-order chi connectivity index (χ0) is 27.3. The van der Waals surface area contributed by atoms with Gasteiger partial charge in [0.1, 0.15) is 0 Å². The quantitative estimate of drug-likeness (QED) is 0.175. The molecule has 2 rings (SSSR count). The SMILES string of the molecule is CC(C)CN(c1ccc(C[C@H](OP(=O)(O)O)[C@H](C)NC(=O)O)cc1)S(=O)(=O)c1ccc([N+](=O)[O-])cc1. The lowest BCUT2D eigenvalue weighted by molar-refractivity contribution is -0.384. The first-order valence-corrected chi connectivity index (χ1v) is 13.7. The smallest absolute Gasteiger partial charge is 0.465 e. The van der Waals surface area contributed by atoms with Crippen LogP contribution in [-0.4, -0.2) is 53.0 Å². The molecule has 0 aliphatic heterocycles. The Balaban J connectivity index is 2.36. The topological polar surface area (TPSA) is 197 Å². The average molecular weight is 546 g/mol. The van der Waals surface area contributed by atoms with Gasteiger partial charge in [0.25, 0.3) is 15.7 Å². The van der Waals surface area contributed by atoms with E-state index in [9.17, 15) is 37.7 Å². The van der Waals surface area contributed by atoms with Gasteiger partial charge in [-0.1, -0.05) is 26.0 Å². The summed E-state index contributed by atoms with van der Waals surface area (Å²) in [6, 6.07) is 9.67. The van der Waals surface area contributed by atoms with Crippen LogP contribution in [0, 0.1) is 16.0 Å². The minimum Gasteiger partial charge on any atom is -0.465 e. The second-order valence-electron chi connectivity index (χ2n) is 8.42. The fraction of sp³-hybridized carbons (Fsp3) is 0.381. The first kappa shape index (κ1) is 29.2. The van der Waals surface area contributed by atoms with Gasteiger partial charge < -0.3 is 20.2 Å². The van der Waals surface area contributed by atoms with Crippen molar-refractivity contribution in [3.63, 3.8) is 0 Å². The Morgan fingerprint density at radius 1 is 1.11 bits per heavy atom. The van der Waals surface area contributed by atoms with Crippen molar-refractivity contribution in [2.24, 2.45) is 5.92 Å². The number of carbonyl (C=O) groups is 1. The summed E-state index contributed by atoms with van der Waals surface area (Å²) in [7, 11) is -9.00. The van der Waals surface area contributed by atoms with E-state index in [1.165, 1.54) is 35.5 Å². The van der Waals surface area contributed by atoms with Crippen LogP contribution >= 0.6 is 7.82 Å². The monoisotopic (exact) mass is 545 g/mol.